The number of aromatic nitrogens is 2. The van der Waals surface area contributed by atoms with Crippen LogP contribution in [0.5, 0.6) is 0 Å². The monoisotopic (exact) mass is 511 g/mol. The summed E-state index contributed by atoms with van der Waals surface area (Å²) in [6, 6.07) is 18.6. The van der Waals surface area contributed by atoms with Crippen LogP contribution in [0.15, 0.2) is 65.1 Å². The largest absolute Gasteiger partial charge is 0.322 e. The molecular weight excluding hydrogens is 482 g/mol. The van der Waals surface area contributed by atoms with Gasteiger partial charge in [0.05, 0.1) is 11.4 Å². The predicted octanol–water partition coefficient (Wildman–Crippen LogP) is 5.81. The van der Waals surface area contributed by atoms with Crippen molar-refractivity contribution in [1.82, 2.24) is 14.7 Å². The van der Waals surface area contributed by atoms with Gasteiger partial charge in [0.2, 0.25) is 5.91 Å². The Morgan fingerprint density at radius 3 is 2.39 bits per heavy atom. The summed E-state index contributed by atoms with van der Waals surface area (Å²) in [5, 5.41) is 10.5. The van der Waals surface area contributed by atoms with Gasteiger partial charge in [-0.15, -0.1) is 0 Å². The highest BCUT2D eigenvalue weighted by molar-refractivity contribution is 9.10. The summed E-state index contributed by atoms with van der Waals surface area (Å²) in [7, 11) is 0. The Labute approximate surface area is 203 Å². The van der Waals surface area contributed by atoms with Crippen molar-refractivity contribution < 1.29 is 9.59 Å². The number of carbonyl (C=O) groups is 2. The molecular formula is C25H30BrN5O2. The van der Waals surface area contributed by atoms with E-state index in [0.29, 0.717) is 18.1 Å². The Hall–Kier alpha value is -3.13. The number of rotatable bonds is 7. The van der Waals surface area contributed by atoms with Crippen LogP contribution >= 0.6 is 15.9 Å². The first-order valence-electron chi connectivity index (χ1n) is 10.9. The van der Waals surface area contributed by atoms with Gasteiger partial charge in [0.25, 0.3) is 0 Å². The van der Waals surface area contributed by atoms with Crippen molar-refractivity contribution >= 4 is 39.4 Å². The second-order valence-corrected chi connectivity index (χ2v) is 9.74. The maximum Gasteiger partial charge on any atom is 0.322 e. The van der Waals surface area contributed by atoms with Crippen LogP contribution in [0.1, 0.15) is 39.8 Å². The van der Waals surface area contributed by atoms with Crippen molar-refractivity contribution in [2.75, 3.05) is 23.7 Å². The quantitative estimate of drug-likeness (QED) is 0.419. The van der Waals surface area contributed by atoms with Crippen LogP contribution in [0, 0.1) is 0 Å². The molecule has 174 valence electrons. The van der Waals surface area contributed by atoms with Crippen LogP contribution in [0.3, 0.4) is 0 Å². The summed E-state index contributed by atoms with van der Waals surface area (Å²) < 4.78 is 2.59. The molecule has 8 heteroatoms. The number of carbonyl (C=O) groups excluding carboxylic acids is 2. The topological polar surface area (TPSA) is 79.3 Å². The highest BCUT2D eigenvalue weighted by Crippen LogP contribution is 2.26. The number of nitrogens with zero attached hydrogens (tertiary/aromatic N) is 3. The molecule has 1 heterocycles. The van der Waals surface area contributed by atoms with Crippen LogP contribution < -0.4 is 10.6 Å². The van der Waals surface area contributed by atoms with E-state index in [-0.39, 0.29) is 23.9 Å². The summed E-state index contributed by atoms with van der Waals surface area (Å²) in [4.78, 5) is 27.3. The number of benzene rings is 2. The van der Waals surface area contributed by atoms with Crippen molar-refractivity contribution in [3.8, 4) is 5.69 Å². The van der Waals surface area contributed by atoms with Crippen LogP contribution in [-0.2, 0) is 10.2 Å². The van der Waals surface area contributed by atoms with Crippen LogP contribution in [0.25, 0.3) is 5.69 Å². The second-order valence-electron chi connectivity index (χ2n) is 8.82. The number of halogens is 1. The number of amides is 3. The lowest BCUT2D eigenvalue weighted by molar-refractivity contribution is -0.116. The van der Waals surface area contributed by atoms with E-state index in [1.165, 1.54) is 4.90 Å². The van der Waals surface area contributed by atoms with Gasteiger partial charge in [-0.2, -0.15) is 5.10 Å². The fourth-order valence-electron chi connectivity index (χ4n) is 3.25. The number of anilines is 2. The third-order valence-corrected chi connectivity index (χ3v) is 5.43. The van der Waals surface area contributed by atoms with Crippen molar-refractivity contribution in [2.24, 2.45) is 0 Å². The van der Waals surface area contributed by atoms with Crippen LogP contribution in [-0.4, -0.2) is 39.7 Å². The molecule has 3 rings (SSSR count). The molecule has 0 aliphatic heterocycles. The van der Waals surface area contributed by atoms with Gasteiger partial charge < -0.3 is 15.5 Å². The minimum atomic E-state index is -0.322. The molecule has 1 aromatic heterocycles. The van der Waals surface area contributed by atoms with E-state index in [1.807, 2.05) is 61.5 Å². The predicted molar refractivity (Wildman–Crippen MR) is 136 cm³/mol. The van der Waals surface area contributed by atoms with Crippen molar-refractivity contribution in [3.63, 3.8) is 0 Å². The highest BCUT2D eigenvalue weighted by Gasteiger charge is 2.23. The molecule has 3 aromatic rings. The van der Waals surface area contributed by atoms with Gasteiger partial charge in [0, 0.05) is 28.2 Å². The number of hydrogen-bond acceptors (Lipinski definition) is 3. The number of nitrogens with one attached hydrogen (secondary N) is 2. The molecule has 2 N–H and O–H groups in total. The minimum Gasteiger partial charge on any atom is -0.315 e. The van der Waals surface area contributed by atoms with E-state index in [2.05, 4.69) is 47.3 Å². The maximum atomic E-state index is 13.0. The molecule has 2 aromatic carbocycles. The molecule has 0 fully saturated rings. The van der Waals surface area contributed by atoms with Crippen LogP contribution in [0.2, 0.25) is 0 Å². The SMILES string of the molecule is CCCN(CC(=O)Nc1cc(C(C)(C)C)nn1-c1ccccc1)C(=O)Nc1cccc(Br)c1. The average Bonchev–Trinajstić information content (AvgIpc) is 3.18. The average molecular weight is 512 g/mol. The Bertz CT molecular complexity index is 1110. The van der Waals surface area contributed by atoms with E-state index in [0.717, 1.165) is 22.3 Å². The van der Waals surface area contributed by atoms with Gasteiger partial charge >= 0.3 is 6.03 Å². The standard InChI is InChI=1S/C25H30BrN5O2/c1-5-14-30(24(33)27-19-11-9-10-18(26)15-19)17-23(32)28-22-16-21(25(2,3)4)29-31(22)20-12-7-6-8-13-20/h6-13,15-16H,5,14,17H2,1-4H3,(H,27,33)(H,28,32). The van der Waals surface area contributed by atoms with E-state index in [4.69, 9.17) is 5.10 Å². The first kappa shape index (κ1) is 24.5. The minimum absolute atomic E-state index is 0.0709. The number of para-hydroxylation sites is 1. The zero-order valence-electron chi connectivity index (χ0n) is 19.4. The van der Waals surface area contributed by atoms with Gasteiger partial charge in [0.1, 0.15) is 12.4 Å². The Balaban J connectivity index is 1.77. The molecule has 0 aliphatic carbocycles. The summed E-state index contributed by atoms with van der Waals surface area (Å²) in [5.41, 5.74) is 2.19. The molecule has 0 saturated carbocycles. The van der Waals surface area contributed by atoms with Crippen molar-refractivity contribution in [2.45, 2.75) is 39.5 Å². The highest BCUT2D eigenvalue weighted by atomic mass is 79.9. The van der Waals surface area contributed by atoms with Gasteiger partial charge in [0.15, 0.2) is 0 Å². The van der Waals surface area contributed by atoms with E-state index in [1.54, 1.807) is 10.7 Å². The molecule has 0 spiro atoms. The first-order valence-corrected chi connectivity index (χ1v) is 11.7. The lowest BCUT2D eigenvalue weighted by Crippen LogP contribution is -2.41. The third-order valence-electron chi connectivity index (χ3n) is 4.94. The van der Waals surface area contributed by atoms with E-state index in [9.17, 15) is 9.59 Å². The summed E-state index contributed by atoms with van der Waals surface area (Å²) in [6.07, 6.45) is 0.731. The van der Waals surface area contributed by atoms with Gasteiger partial charge in [-0.25, -0.2) is 9.48 Å². The van der Waals surface area contributed by atoms with Crippen molar-refractivity contribution in [1.29, 1.82) is 0 Å². The lowest BCUT2D eigenvalue weighted by Gasteiger charge is -2.22. The molecule has 0 aliphatic rings. The molecule has 0 unspecified atom stereocenters. The van der Waals surface area contributed by atoms with E-state index >= 15 is 0 Å². The maximum absolute atomic E-state index is 13.0. The molecule has 0 bridgehead atoms. The zero-order valence-corrected chi connectivity index (χ0v) is 21.0. The normalized spacial score (nSPS) is 11.2. The molecule has 7 nitrogen and oxygen atoms in total. The Morgan fingerprint density at radius 2 is 1.76 bits per heavy atom. The Kier molecular flexibility index (Phi) is 7.92. The molecule has 0 radical (unpaired) electrons. The van der Waals surface area contributed by atoms with Gasteiger partial charge in [-0.05, 0) is 36.8 Å². The Morgan fingerprint density at radius 1 is 1.03 bits per heavy atom. The molecule has 0 saturated heterocycles. The second kappa shape index (κ2) is 10.7. The third kappa shape index (κ3) is 6.68. The van der Waals surface area contributed by atoms with E-state index < -0.39 is 0 Å². The summed E-state index contributed by atoms with van der Waals surface area (Å²) in [5.74, 6) is 0.283. The summed E-state index contributed by atoms with van der Waals surface area (Å²) in [6.45, 7) is 8.58. The van der Waals surface area contributed by atoms with Crippen LogP contribution in [0.4, 0.5) is 16.3 Å². The van der Waals surface area contributed by atoms with Gasteiger partial charge in [-0.1, -0.05) is 67.9 Å². The van der Waals surface area contributed by atoms with Gasteiger partial charge in [-0.3, -0.25) is 4.79 Å². The first-order chi connectivity index (χ1) is 15.7. The lowest BCUT2D eigenvalue weighted by atomic mass is 9.92. The summed E-state index contributed by atoms with van der Waals surface area (Å²) >= 11 is 3.40. The fourth-order valence-corrected chi connectivity index (χ4v) is 3.65. The number of urea groups is 1. The number of hydrogen-bond donors (Lipinski definition) is 2. The molecule has 33 heavy (non-hydrogen) atoms. The van der Waals surface area contributed by atoms with Crippen molar-refractivity contribution in [3.05, 3.63) is 70.8 Å². The zero-order chi connectivity index (χ0) is 24.0. The fraction of sp³-hybridized carbons (Fsp3) is 0.320. The molecule has 3 amide bonds. The molecule has 0 atom stereocenters. The smallest absolute Gasteiger partial charge is 0.315 e.